The van der Waals surface area contributed by atoms with Crippen LogP contribution in [0.4, 0.5) is 0 Å². The molecule has 29 heavy (non-hydrogen) atoms. The van der Waals surface area contributed by atoms with E-state index in [0.29, 0.717) is 10.9 Å². The van der Waals surface area contributed by atoms with Gasteiger partial charge < -0.3 is 14.6 Å². The minimum atomic E-state index is -2.40. The van der Waals surface area contributed by atoms with Crippen molar-refractivity contribution >= 4 is 33.9 Å². The van der Waals surface area contributed by atoms with Crippen LogP contribution in [0, 0.1) is 11.8 Å². The number of benzene rings is 2. The van der Waals surface area contributed by atoms with Crippen LogP contribution in [0.3, 0.4) is 0 Å². The number of nitrogens with zero attached hydrogens (tertiary/aromatic N) is 1. The molecule has 2 aromatic carbocycles. The molecule has 0 saturated carbocycles. The first-order valence-electron chi connectivity index (χ1n) is 8.51. The molecule has 1 atom stereocenters. The Labute approximate surface area is 169 Å². The zero-order valence-electron chi connectivity index (χ0n) is 15.1. The summed E-state index contributed by atoms with van der Waals surface area (Å²) in [7, 11) is 0. The Morgan fingerprint density at radius 3 is 2.62 bits per heavy atom. The first-order chi connectivity index (χ1) is 14.0. The number of aromatic nitrogens is 1. The Hall–Kier alpha value is -3.54. The Kier molecular flexibility index (Phi) is 6.68. The molecule has 1 amide bonds. The third kappa shape index (κ3) is 5.48. The lowest BCUT2D eigenvalue weighted by molar-refractivity contribution is -0.137. The van der Waals surface area contributed by atoms with E-state index < -0.39 is 23.0 Å². The molecule has 1 heterocycles. The summed E-state index contributed by atoms with van der Waals surface area (Å²) in [6.07, 6.45) is 0. The molecule has 1 unspecified atom stereocenters. The summed E-state index contributed by atoms with van der Waals surface area (Å²) < 4.78 is 27.5. The van der Waals surface area contributed by atoms with Crippen LogP contribution in [0.5, 0.6) is 0 Å². The Morgan fingerprint density at radius 2 is 1.86 bits per heavy atom. The first-order valence-corrected chi connectivity index (χ1v) is 9.59. The quantitative estimate of drug-likeness (QED) is 0.300. The molecule has 146 valence electrons. The van der Waals surface area contributed by atoms with Crippen molar-refractivity contribution in [3.05, 3.63) is 71.9 Å². The fourth-order valence-electron chi connectivity index (χ4n) is 2.49. The molecule has 0 radical (unpaired) electrons. The smallest absolute Gasteiger partial charge is 0.384 e. The lowest BCUT2D eigenvalue weighted by Crippen LogP contribution is -2.24. The number of amides is 1. The molecule has 1 N–H and O–H groups in total. The molecule has 0 bridgehead atoms. The number of rotatable bonds is 5. The molecular weight excluding hydrogens is 392 g/mol. The van der Waals surface area contributed by atoms with E-state index in [0.717, 1.165) is 5.56 Å². The molecule has 3 aromatic rings. The standard InChI is InChI=1S/C21H16N2O5S/c24-20(28-14-15-6-2-1-3-7-15)10-5-13-22-21(25)18-12-11-16-17(23-18)8-4-9-19(16)29(26)27/h1-4,6-9,11-12H,13-14H2,(H,22,25)(H,26,27)/p-1. The van der Waals surface area contributed by atoms with Crippen molar-refractivity contribution in [3.8, 4) is 11.8 Å². The highest BCUT2D eigenvalue weighted by Crippen LogP contribution is 2.20. The second-order valence-corrected chi connectivity index (χ2v) is 6.71. The van der Waals surface area contributed by atoms with Gasteiger partial charge in [0.05, 0.1) is 12.1 Å². The summed E-state index contributed by atoms with van der Waals surface area (Å²) in [6.45, 7) is 0.0570. The van der Waals surface area contributed by atoms with E-state index in [9.17, 15) is 18.4 Å². The average molecular weight is 407 g/mol. The lowest BCUT2D eigenvalue weighted by Gasteiger charge is -2.09. The van der Waals surface area contributed by atoms with E-state index in [4.69, 9.17) is 4.74 Å². The van der Waals surface area contributed by atoms with E-state index in [1.165, 1.54) is 18.2 Å². The molecule has 1 aromatic heterocycles. The van der Waals surface area contributed by atoms with Gasteiger partial charge in [-0.15, -0.1) is 0 Å². The van der Waals surface area contributed by atoms with Crippen molar-refractivity contribution in [2.24, 2.45) is 0 Å². The average Bonchev–Trinajstić information content (AvgIpc) is 2.75. The van der Waals surface area contributed by atoms with E-state index in [-0.39, 0.29) is 23.7 Å². The maximum atomic E-state index is 12.2. The SMILES string of the molecule is O=C(C#CCNC(=O)c1ccc2c(S(=O)[O-])cccc2n1)OCc1ccccc1. The highest BCUT2D eigenvalue weighted by atomic mass is 32.2. The number of carbonyl (C=O) groups excluding carboxylic acids is 2. The summed E-state index contributed by atoms with van der Waals surface area (Å²) in [4.78, 5) is 28.1. The van der Waals surface area contributed by atoms with E-state index in [2.05, 4.69) is 22.1 Å². The maximum Gasteiger partial charge on any atom is 0.384 e. The predicted octanol–water partition coefficient (Wildman–Crippen LogP) is 1.95. The molecule has 0 spiro atoms. The van der Waals surface area contributed by atoms with Crippen molar-refractivity contribution in [3.63, 3.8) is 0 Å². The lowest BCUT2D eigenvalue weighted by atomic mass is 10.2. The number of carbonyl (C=O) groups is 2. The van der Waals surface area contributed by atoms with Crippen LogP contribution in [-0.2, 0) is 27.2 Å². The fourth-order valence-corrected chi connectivity index (χ4v) is 3.03. The number of esters is 1. The van der Waals surface area contributed by atoms with E-state index >= 15 is 0 Å². The summed E-state index contributed by atoms with van der Waals surface area (Å²) in [5.74, 6) is 3.63. The summed E-state index contributed by atoms with van der Waals surface area (Å²) in [5, 5.41) is 2.95. The van der Waals surface area contributed by atoms with Gasteiger partial charge in [-0.2, -0.15) is 0 Å². The number of ether oxygens (including phenoxy) is 1. The zero-order chi connectivity index (χ0) is 20.6. The van der Waals surface area contributed by atoms with Crippen LogP contribution in [0.1, 0.15) is 16.1 Å². The van der Waals surface area contributed by atoms with Crippen molar-refractivity contribution in [2.45, 2.75) is 11.5 Å². The third-order valence-corrected chi connectivity index (χ3v) is 4.56. The van der Waals surface area contributed by atoms with Gasteiger partial charge in [-0.1, -0.05) is 42.3 Å². The third-order valence-electron chi connectivity index (χ3n) is 3.84. The molecule has 0 aliphatic heterocycles. The molecule has 0 saturated heterocycles. The van der Waals surface area contributed by atoms with Gasteiger partial charge in [0.15, 0.2) is 0 Å². The molecule has 0 fully saturated rings. The van der Waals surface area contributed by atoms with Crippen LogP contribution < -0.4 is 5.32 Å². The van der Waals surface area contributed by atoms with Gasteiger partial charge in [-0.05, 0) is 40.9 Å². The van der Waals surface area contributed by atoms with Crippen LogP contribution in [0.15, 0.2) is 65.6 Å². The van der Waals surface area contributed by atoms with Gasteiger partial charge in [-0.3, -0.25) is 9.00 Å². The molecule has 3 rings (SSSR count). The minimum Gasteiger partial charge on any atom is -0.768 e. The second-order valence-electron chi connectivity index (χ2n) is 5.80. The Bertz CT molecular complexity index is 1140. The highest BCUT2D eigenvalue weighted by Gasteiger charge is 2.09. The largest absolute Gasteiger partial charge is 0.768 e. The Morgan fingerprint density at radius 1 is 1.07 bits per heavy atom. The number of hydrogen-bond acceptors (Lipinski definition) is 6. The fraction of sp³-hybridized carbons (Fsp3) is 0.0952. The number of nitrogens with one attached hydrogen (secondary N) is 1. The van der Waals surface area contributed by atoms with Gasteiger partial charge in [0.2, 0.25) is 0 Å². The van der Waals surface area contributed by atoms with Crippen LogP contribution in [0.25, 0.3) is 10.9 Å². The Balaban J connectivity index is 1.55. The predicted molar refractivity (Wildman–Crippen MR) is 105 cm³/mol. The van der Waals surface area contributed by atoms with Crippen LogP contribution in [0.2, 0.25) is 0 Å². The zero-order valence-corrected chi connectivity index (χ0v) is 15.9. The summed E-state index contributed by atoms with van der Waals surface area (Å²) in [5.41, 5.74) is 1.34. The number of fused-ring (bicyclic) bond motifs is 1. The van der Waals surface area contributed by atoms with Crippen molar-refractivity contribution in [1.29, 1.82) is 0 Å². The maximum absolute atomic E-state index is 12.2. The van der Waals surface area contributed by atoms with Crippen molar-refractivity contribution < 1.29 is 23.1 Å². The summed E-state index contributed by atoms with van der Waals surface area (Å²) in [6, 6.07) is 16.8. The van der Waals surface area contributed by atoms with Crippen molar-refractivity contribution in [1.82, 2.24) is 10.3 Å². The molecule has 0 aliphatic carbocycles. The number of hydrogen-bond donors (Lipinski definition) is 1. The molecular formula is C21H15N2O5S-. The molecule has 7 nitrogen and oxygen atoms in total. The van der Waals surface area contributed by atoms with Gasteiger partial charge in [0.25, 0.3) is 5.91 Å². The summed E-state index contributed by atoms with van der Waals surface area (Å²) >= 11 is -2.40. The van der Waals surface area contributed by atoms with Gasteiger partial charge >= 0.3 is 5.97 Å². The van der Waals surface area contributed by atoms with Gasteiger partial charge in [0, 0.05) is 16.2 Å². The molecule has 8 heteroatoms. The van der Waals surface area contributed by atoms with Gasteiger partial charge in [0.1, 0.15) is 12.3 Å². The van der Waals surface area contributed by atoms with Crippen LogP contribution >= 0.6 is 0 Å². The molecule has 0 aliphatic rings. The minimum absolute atomic E-state index is 0.0659. The number of pyridine rings is 1. The van der Waals surface area contributed by atoms with E-state index in [1.54, 1.807) is 12.1 Å². The van der Waals surface area contributed by atoms with Gasteiger partial charge in [-0.25, -0.2) is 9.78 Å². The highest BCUT2D eigenvalue weighted by molar-refractivity contribution is 7.79. The van der Waals surface area contributed by atoms with Crippen molar-refractivity contribution in [2.75, 3.05) is 6.54 Å². The topological polar surface area (TPSA) is 108 Å². The second kappa shape index (κ2) is 9.59. The normalized spacial score (nSPS) is 11.2. The van der Waals surface area contributed by atoms with Crippen LogP contribution in [-0.4, -0.2) is 32.2 Å². The van der Waals surface area contributed by atoms with E-state index in [1.807, 2.05) is 30.3 Å². The first kappa shape index (κ1) is 20.2. The monoisotopic (exact) mass is 407 g/mol.